The smallest absolute Gasteiger partial charge is 0.243 e. The maximum Gasteiger partial charge on any atom is 0.243 e. The van der Waals surface area contributed by atoms with E-state index in [1.807, 2.05) is 52.0 Å². The number of hydrogen-bond donors (Lipinski definition) is 1. The highest BCUT2D eigenvalue weighted by Gasteiger charge is 2.29. The Hall–Kier alpha value is -2.69. The summed E-state index contributed by atoms with van der Waals surface area (Å²) < 4.78 is 13.2. The number of nitrogens with zero attached hydrogens (tertiary/aromatic N) is 1. The molecule has 0 aromatic heterocycles. The molecule has 2 aromatic rings. The van der Waals surface area contributed by atoms with Crippen molar-refractivity contribution in [2.24, 2.45) is 0 Å². The van der Waals surface area contributed by atoms with Gasteiger partial charge in [0.1, 0.15) is 11.9 Å². The third-order valence-electron chi connectivity index (χ3n) is 5.13. The zero-order valence-electron chi connectivity index (χ0n) is 17.7. The van der Waals surface area contributed by atoms with E-state index in [9.17, 15) is 14.0 Å². The van der Waals surface area contributed by atoms with Crippen molar-refractivity contribution in [1.82, 2.24) is 10.2 Å². The molecule has 4 nitrogen and oxygen atoms in total. The number of benzene rings is 2. The molecule has 2 amide bonds. The molecule has 5 heteroatoms. The van der Waals surface area contributed by atoms with E-state index >= 15 is 0 Å². The minimum absolute atomic E-state index is 0.0463. The molecule has 2 rings (SSSR count). The predicted molar refractivity (Wildman–Crippen MR) is 114 cm³/mol. The third kappa shape index (κ3) is 6.70. The summed E-state index contributed by atoms with van der Waals surface area (Å²) in [7, 11) is 0. The van der Waals surface area contributed by atoms with Gasteiger partial charge < -0.3 is 10.2 Å². The van der Waals surface area contributed by atoms with Crippen molar-refractivity contribution in [1.29, 1.82) is 0 Å². The van der Waals surface area contributed by atoms with Crippen LogP contribution in [-0.2, 0) is 22.6 Å². The van der Waals surface area contributed by atoms with Crippen molar-refractivity contribution in [3.63, 3.8) is 0 Å². The second-order valence-corrected chi connectivity index (χ2v) is 7.55. The van der Waals surface area contributed by atoms with Crippen LogP contribution in [0.3, 0.4) is 0 Å². The van der Waals surface area contributed by atoms with Crippen LogP contribution in [0.1, 0.15) is 50.3 Å². The van der Waals surface area contributed by atoms with Gasteiger partial charge in [-0.1, -0.05) is 55.8 Å². The van der Waals surface area contributed by atoms with Crippen molar-refractivity contribution >= 4 is 11.8 Å². The Kier molecular flexibility index (Phi) is 8.37. The van der Waals surface area contributed by atoms with Crippen LogP contribution in [0.25, 0.3) is 0 Å². The van der Waals surface area contributed by atoms with Crippen LogP contribution in [-0.4, -0.2) is 28.8 Å². The predicted octanol–water partition coefficient (Wildman–Crippen LogP) is 4.40. The summed E-state index contributed by atoms with van der Waals surface area (Å²) in [6.07, 6.45) is 1.46. The Balaban J connectivity index is 2.26. The monoisotopic (exact) mass is 398 g/mol. The zero-order chi connectivity index (χ0) is 21.4. The molecule has 0 aliphatic rings. The average Bonchev–Trinajstić information content (AvgIpc) is 2.70. The van der Waals surface area contributed by atoms with Crippen molar-refractivity contribution in [2.45, 2.75) is 65.6 Å². The largest absolute Gasteiger partial charge is 0.352 e. The van der Waals surface area contributed by atoms with Gasteiger partial charge in [-0.3, -0.25) is 9.59 Å². The summed E-state index contributed by atoms with van der Waals surface area (Å²) in [5, 5.41) is 3.00. The van der Waals surface area contributed by atoms with Crippen LogP contribution in [0.5, 0.6) is 0 Å². The molecule has 156 valence electrons. The molecule has 2 aromatic carbocycles. The highest BCUT2D eigenvalue weighted by atomic mass is 19.1. The highest BCUT2D eigenvalue weighted by molar-refractivity contribution is 5.88. The van der Waals surface area contributed by atoms with Crippen LogP contribution < -0.4 is 5.32 Å². The van der Waals surface area contributed by atoms with Gasteiger partial charge in [0.25, 0.3) is 0 Å². The fraction of sp³-hybridized carbons (Fsp3) is 0.417. The molecule has 0 saturated carbocycles. The second-order valence-electron chi connectivity index (χ2n) is 7.55. The summed E-state index contributed by atoms with van der Waals surface area (Å²) in [5.41, 5.74) is 2.83. The quantitative estimate of drug-likeness (QED) is 0.681. The summed E-state index contributed by atoms with van der Waals surface area (Å²) in [6, 6.07) is 13.4. The number of carbonyl (C=O) groups excluding carboxylic acids is 2. The number of rotatable bonds is 9. The fourth-order valence-corrected chi connectivity index (χ4v) is 3.13. The van der Waals surface area contributed by atoms with Gasteiger partial charge in [0.15, 0.2) is 0 Å². The Bertz CT molecular complexity index is 803. The molecule has 0 fully saturated rings. The molecule has 0 bridgehead atoms. The van der Waals surface area contributed by atoms with Crippen molar-refractivity contribution in [3.05, 3.63) is 71.0 Å². The Morgan fingerprint density at radius 3 is 2.10 bits per heavy atom. The number of hydrogen-bond acceptors (Lipinski definition) is 2. The van der Waals surface area contributed by atoms with E-state index in [0.717, 1.165) is 23.1 Å². The summed E-state index contributed by atoms with van der Waals surface area (Å²) >= 11 is 0. The molecular weight excluding hydrogens is 367 g/mol. The van der Waals surface area contributed by atoms with Gasteiger partial charge in [0.05, 0.1) is 6.42 Å². The van der Waals surface area contributed by atoms with Gasteiger partial charge in [-0.25, -0.2) is 4.39 Å². The summed E-state index contributed by atoms with van der Waals surface area (Å²) in [6.45, 7) is 8.24. The third-order valence-corrected chi connectivity index (χ3v) is 5.13. The molecule has 0 saturated heterocycles. The van der Waals surface area contributed by atoms with E-state index < -0.39 is 6.04 Å². The number of carbonyl (C=O) groups is 2. The molecular formula is C24H31FN2O2. The number of halogens is 1. The van der Waals surface area contributed by atoms with E-state index in [-0.39, 0.29) is 30.1 Å². The first kappa shape index (κ1) is 22.6. The molecule has 29 heavy (non-hydrogen) atoms. The first-order valence-electron chi connectivity index (χ1n) is 10.2. The second kappa shape index (κ2) is 10.7. The van der Waals surface area contributed by atoms with Crippen molar-refractivity contribution in [3.8, 4) is 0 Å². The van der Waals surface area contributed by atoms with Crippen LogP contribution >= 0.6 is 0 Å². The Morgan fingerprint density at radius 1 is 0.966 bits per heavy atom. The van der Waals surface area contributed by atoms with E-state index in [1.54, 1.807) is 17.0 Å². The Morgan fingerprint density at radius 2 is 1.55 bits per heavy atom. The van der Waals surface area contributed by atoms with Gasteiger partial charge in [-0.2, -0.15) is 0 Å². The van der Waals surface area contributed by atoms with Crippen LogP contribution in [0.4, 0.5) is 4.39 Å². The van der Waals surface area contributed by atoms with Gasteiger partial charge >= 0.3 is 0 Å². The summed E-state index contributed by atoms with van der Waals surface area (Å²) in [4.78, 5) is 27.7. The lowest BCUT2D eigenvalue weighted by molar-refractivity contribution is -0.141. The summed E-state index contributed by atoms with van der Waals surface area (Å²) in [5.74, 6) is -0.623. The van der Waals surface area contributed by atoms with Crippen molar-refractivity contribution in [2.75, 3.05) is 0 Å². The Labute approximate surface area is 173 Å². The molecule has 0 radical (unpaired) electrons. The van der Waals surface area contributed by atoms with Crippen LogP contribution in [0, 0.1) is 12.7 Å². The van der Waals surface area contributed by atoms with Gasteiger partial charge in [-0.15, -0.1) is 0 Å². The maximum atomic E-state index is 13.2. The molecule has 0 heterocycles. The molecule has 2 atom stereocenters. The molecule has 1 N–H and O–H groups in total. The standard InChI is InChI=1S/C24H31FN2O2/c1-5-18(4)26-24(29)22(6-2)27(16-20-9-7-17(3)8-10-20)23(28)15-19-11-13-21(25)14-12-19/h7-14,18,22H,5-6,15-16H2,1-4H3,(H,26,29). The van der Waals surface area contributed by atoms with E-state index in [2.05, 4.69) is 5.32 Å². The molecule has 0 aliphatic carbocycles. The van der Waals surface area contributed by atoms with Gasteiger partial charge in [0, 0.05) is 12.6 Å². The van der Waals surface area contributed by atoms with Gasteiger partial charge in [0.2, 0.25) is 11.8 Å². The van der Waals surface area contributed by atoms with Gasteiger partial charge in [-0.05, 0) is 49.9 Å². The fourth-order valence-electron chi connectivity index (χ4n) is 3.13. The average molecular weight is 399 g/mol. The van der Waals surface area contributed by atoms with Crippen LogP contribution in [0.2, 0.25) is 0 Å². The lowest BCUT2D eigenvalue weighted by Crippen LogP contribution is -2.51. The van der Waals surface area contributed by atoms with Crippen LogP contribution in [0.15, 0.2) is 48.5 Å². The number of nitrogens with one attached hydrogen (secondary N) is 1. The molecule has 0 spiro atoms. The first-order chi connectivity index (χ1) is 13.8. The lowest BCUT2D eigenvalue weighted by atomic mass is 10.1. The minimum atomic E-state index is -0.557. The van der Waals surface area contributed by atoms with Crippen molar-refractivity contribution < 1.29 is 14.0 Å². The topological polar surface area (TPSA) is 49.4 Å². The highest BCUT2D eigenvalue weighted by Crippen LogP contribution is 2.16. The molecule has 2 unspecified atom stereocenters. The van der Waals surface area contributed by atoms with E-state index in [1.165, 1.54) is 12.1 Å². The molecule has 0 aliphatic heterocycles. The SMILES string of the molecule is CCC(C)NC(=O)C(CC)N(Cc1ccc(C)cc1)C(=O)Cc1ccc(F)cc1. The maximum absolute atomic E-state index is 13.2. The normalized spacial score (nSPS) is 12.9. The lowest BCUT2D eigenvalue weighted by Gasteiger charge is -2.31. The number of amides is 2. The van der Waals surface area contributed by atoms with E-state index in [4.69, 9.17) is 0 Å². The minimum Gasteiger partial charge on any atom is -0.352 e. The first-order valence-corrected chi connectivity index (χ1v) is 10.2. The number of aryl methyl sites for hydroxylation is 1. The van der Waals surface area contributed by atoms with E-state index in [0.29, 0.717) is 13.0 Å². The zero-order valence-corrected chi connectivity index (χ0v) is 17.7.